The molecule has 0 saturated carbocycles. The fourth-order valence-corrected chi connectivity index (χ4v) is 2.13. The maximum Gasteiger partial charge on any atom is 0.306 e. The molecule has 0 spiro atoms. The SMILES string of the molecule is CCOC(=O)CCc1cc(F)c(Cl)nc1Nc1ccc(F)cc1F. The largest absolute Gasteiger partial charge is 0.466 e. The molecule has 8 heteroatoms. The number of esters is 1. The second-order valence-electron chi connectivity index (χ2n) is 4.82. The summed E-state index contributed by atoms with van der Waals surface area (Å²) in [6.45, 7) is 1.91. The first-order valence-electron chi connectivity index (χ1n) is 7.13. The quantitative estimate of drug-likeness (QED) is 0.614. The highest BCUT2D eigenvalue weighted by Gasteiger charge is 2.14. The van der Waals surface area contributed by atoms with Gasteiger partial charge in [-0.2, -0.15) is 0 Å². The number of anilines is 2. The van der Waals surface area contributed by atoms with E-state index in [0.29, 0.717) is 11.6 Å². The fraction of sp³-hybridized carbons (Fsp3) is 0.250. The molecule has 0 fully saturated rings. The van der Waals surface area contributed by atoms with Crippen molar-refractivity contribution in [3.63, 3.8) is 0 Å². The molecule has 0 amide bonds. The van der Waals surface area contributed by atoms with E-state index < -0.39 is 28.6 Å². The molecule has 0 aliphatic heterocycles. The monoisotopic (exact) mass is 358 g/mol. The maximum absolute atomic E-state index is 13.8. The number of carbonyl (C=O) groups excluding carboxylic acids is 1. The molecule has 0 atom stereocenters. The van der Waals surface area contributed by atoms with Crippen molar-refractivity contribution in [2.24, 2.45) is 0 Å². The van der Waals surface area contributed by atoms with Crippen molar-refractivity contribution in [2.75, 3.05) is 11.9 Å². The number of aryl methyl sites for hydroxylation is 1. The summed E-state index contributed by atoms with van der Waals surface area (Å²) < 4.78 is 45.2. The Morgan fingerprint density at radius 3 is 2.67 bits per heavy atom. The number of halogens is 4. The molecule has 4 nitrogen and oxygen atoms in total. The zero-order chi connectivity index (χ0) is 17.7. The van der Waals surface area contributed by atoms with Gasteiger partial charge >= 0.3 is 5.97 Å². The van der Waals surface area contributed by atoms with Gasteiger partial charge in [0.05, 0.1) is 12.3 Å². The van der Waals surface area contributed by atoms with Gasteiger partial charge in [0.15, 0.2) is 11.0 Å². The van der Waals surface area contributed by atoms with Crippen molar-refractivity contribution in [1.29, 1.82) is 0 Å². The molecule has 1 aromatic heterocycles. The minimum absolute atomic E-state index is 0.00281. The van der Waals surface area contributed by atoms with Gasteiger partial charge in [-0.25, -0.2) is 18.2 Å². The van der Waals surface area contributed by atoms with Gasteiger partial charge in [0.25, 0.3) is 0 Å². The molecule has 0 radical (unpaired) electrons. The molecule has 0 aliphatic carbocycles. The van der Waals surface area contributed by atoms with E-state index in [9.17, 15) is 18.0 Å². The Labute approximate surface area is 141 Å². The van der Waals surface area contributed by atoms with Gasteiger partial charge in [-0.1, -0.05) is 11.6 Å². The Bertz CT molecular complexity index is 756. The molecule has 0 bridgehead atoms. The normalized spacial score (nSPS) is 10.5. The summed E-state index contributed by atoms with van der Waals surface area (Å²) in [5.74, 6) is -2.71. The number of nitrogens with zero attached hydrogens (tertiary/aromatic N) is 1. The van der Waals surface area contributed by atoms with Crippen LogP contribution in [0.5, 0.6) is 0 Å². The number of ether oxygens (including phenoxy) is 1. The summed E-state index contributed by atoms with van der Waals surface area (Å²) in [7, 11) is 0. The number of rotatable bonds is 6. The van der Waals surface area contributed by atoms with E-state index in [-0.39, 0.29) is 31.0 Å². The summed E-state index contributed by atoms with van der Waals surface area (Å²) in [5, 5.41) is 2.23. The first kappa shape index (κ1) is 18.1. The second-order valence-corrected chi connectivity index (χ2v) is 5.18. The van der Waals surface area contributed by atoms with Crippen LogP contribution in [-0.2, 0) is 16.0 Å². The van der Waals surface area contributed by atoms with E-state index in [1.54, 1.807) is 6.92 Å². The lowest BCUT2D eigenvalue weighted by molar-refractivity contribution is -0.143. The number of aromatic nitrogens is 1. The molecule has 1 heterocycles. The highest BCUT2D eigenvalue weighted by Crippen LogP contribution is 2.26. The first-order valence-corrected chi connectivity index (χ1v) is 7.51. The van der Waals surface area contributed by atoms with Crippen LogP contribution >= 0.6 is 11.6 Å². The summed E-state index contributed by atoms with van der Waals surface area (Å²) in [6, 6.07) is 4.05. The molecule has 0 aliphatic rings. The van der Waals surface area contributed by atoms with Gasteiger partial charge in [-0.3, -0.25) is 4.79 Å². The van der Waals surface area contributed by atoms with Crippen molar-refractivity contribution < 1.29 is 22.7 Å². The van der Waals surface area contributed by atoms with Crippen LogP contribution in [0.4, 0.5) is 24.7 Å². The highest BCUT2D eigenvalue weighted by atomic mass is 35.5. The number of nitrogens with one attached hydrogen (secondary N) is 1. The molecule has 1 N–H and O–H groups in total. The predicted molar refractivity (Wildman–Crippen MR) is 83.8 cm³/mol. The number of benzene rings is 1. The van der Waals surface area contributed by atoms with E-state index in [1.165, 1.54) is 6.07 Å². The van der Waals surface area contributed by atoms with Gasteiger partial charge in [0.1, 0.15) is 17.5 Å². The van der Waals surface area contributed by atoms with Crippen molar-refractivity contribution in [2.45, 2.75) is 19.8 Å². The van der Waals surface area contributed by atoms with E-state index in [4.69, 9.17) is 16.3 Å². The average Bonchev–Trinajstić information content (AvgIpc) is 2.52. The predicted octanol–water partition coefficient (Wildman–Crippen LogP) is 4.39. The van der Waals surface area contributed by atoms with Gasteiger partial charge in [0.2, 0.25) is 0 Å². The Balaban J connectivity index is 2.27. The van der Waals surface area contributed by atoms with Crippen molar-refractivity contribution in [1.82, 2.24) is 4.98 Å². The zero-order valence-corrected chi connectivity index (χ0v) is 13.5. The standard InChI is InChI=1S/C16H14ClF3N2O2/c1-2-24-14(23)6-3-9-7-12(20)15(17)22-16(9)21-13-5-4-10(18)8-11(13)19/h4-5,7-8H,2-3,6H2,1H3,(H,21,22). The molecule has 0 unspecified atom stereocenters. The van der Waals surface area contributed by atoms with Crippen molar-refractivity contribution in [3.8, 4) is 0 Å². The molecule has 0 saturated heterocycles. The third-order valence-electron chi connectivity index (χ3n) is 3.10. The number of hydrogen-bond acceptors (Lipinski definition) is 4. The smallest absolute Gasteiger partial charge is 0.306 e. The van der Waals surface area contributed by atoms with Crippen LogP contribution in [0.15, 0.2) is 24.3 Å². The number of pyridine rings is 1. The number of hydrogen-bond donors (Lipinski definition) is 1. The van der Waals surface area contributed by atoms with Gasteiger partial charge < -0.3 is 10.1 Å². The molecular formula is C16H14ClF3N2O2. The lowest BCUT2D eigenvalue weighted by Crippen LogP contribution is -2.08. The summed E-state index contributed by atoms with van der Waals surface area (Å²) in [5.41, 5.74) is 0.262. The summed E-state index contributed by atoms with van der Waals surface area (Å²) in [6.07, 6.45) is 0.113. The van der Waals surface area contributed by atoms with Crippen LogP contribution in [0, 0.1) is 17.5 Å². The Hall–Kier alpha value is -2.28. The maximum atomic E-state index is 13.8. The minimum Gasteiger partial charge on any atom is -0.466 e. The molecular weight excluding hydrogens is 345 g/mol. The first-order chi connectivity index (χ1) is 11.4. The minimum atomic E-state index is -0.839. The molecule has 2 rings (SSSR count). The van der Waals surface area contributed by atoms with Gasteiger partial charge in [-0.05, 0) is 37.1 Å². The van der Waals surface area contributed by atoms with E-state index in [2.05, 4.69) is 10.3 Å². The Kier molecular flexibility index (Phi) is 6.03. The topological polar surface area (TPSA) is 51.2 Å². The van der Waals surface area contributed by atoms with Crippen LogP contribution in [0.1, 0.15) is 18.9 Å². The zero-order valence-electron chi connectivity index (χ0n) is 12.7. The number of carbonyl (C=O) groups is 1. The van der Waals surface area contributed by atoms with Gasteiger partial charge in [0, 0.05) is 12.5 Å². The summed E-state index contributed by atoms with van der Waals surface area (Å²) >= 11 is 5.66. The van der Waals surface area contributed by atoms with E-state index in [1.807, 2.05) is 0 Å². The third-order valence-corrected chi connectivity index (χ3v) is 3.37. The lowest BCUT2D eigenvalue weighted by Gasteiger charge is -2.12. The second kappa shape index (κ2) is 8.01. The Morgan fingerprint density at radius 2 is 2.00 bits per heavy atom. The van der Waals surface area contributed by atoms with Crippen LogP contribution in [0.25, 0.3) is 0 Å². The van der Waals surface area contributed by atoms with E-state index in [0.717, 1.165) is 12.1 Å². The third kappa shape index (κ3) is 4.61. The van der Waals surface area contributed by atoms with Crippen LogP contribution in [-0.4, -0.2) is 17.6 Å². The molecule has 128 valence electrons. The van der Waals surface area contributed by atoms with Crippen LogP contribution < -0.4 is 5.32 Å². The van der Waals surface area contributed by atoms with Crippen LogP contribution in [0.3, 0.4) is 0 Å². The fourth-order valence-electron chi connectivity index (χ4n) is 1.99. The van der Waals surface area contributed by atoms with Gasteiger partial charge in [-0.15, -0.1) is 0 Å². The van der Waals surface area contributed by atoms with Crippen molar-refractivity contribution >= 4 is 29.1 Å². The lowest BCUT2D eigenvalue weighted by atomic mass is 10.1. The van der Waals surface area contributed by atoms with E-state index >= 15 is 0 Å². The molecule has 1 aromatic carbocycles. The average molecular weight is 359 g/mol. The molecule has 2 aromatic rings. The van der Waals surface area contributed by atoms with Crippen molar-refractivity contribution in [3.05, 3.63) is 52.4 Å². The molecule has 24 heavy (non-hydrogen) atoms. The Morgan fingerprint density at radius 1 is 1.25 bits per heavy atom. The summed E-state index contributed by atoms with van der Waals surface area (Å²) in [4.78, 5) is 15.3. The van der Waals surface area contributed by atoms with Crippen LogP contribution in [0.2, 0.25) is 5.15 Å². The highest BCUT2D eigenvalue weighted by molar-refractivity contribution is 6.29.